The second-order valence-corrected chi connectivity index (χ2v) is 5.34. The van der Waals surface area contributed by atoms with Gasteiger partial charge >= 0.3 is 0 Å². The number of hydrogen-bond donors (Lipinski definition) is 2. The summed E-state index contributed by atoms with van der Waals surface area (Å²) in [5, 5.41) is 13.1. The predicted octanol–water partition coefficient (Wildman–Crippen LogP) is 2.56. The van der Waals surface area contributed by atoms with Gasteiger partial charge in [-0.3, -0.25) is 0 Å². The maximum absolute atomic E-state index is 9.42. The van der Waals surface area contributed by atoms with E-state index in [2.05, 4.69) is 26.1 Å². The van der Waals surface area contributed by atoms with Crippen LogP contribution >= 0.6 is 0 Å². The van der Waals surface area contributed by atoms with Gasteiger partial charge in [0.2, 0.25) is 0 Å². The van der Waals surface area contributed by atoms with Crippen molar-refractivity contribution in [3.63, 3.8) is 0 Å². The standard InChI is InChI=1S/C13H27NO/c1-4-13(10(2)3)14-9-11-5-7-12(15)8-6-11/h10-15H,4-9H2,1-3H3. The van der Waals surface area contributed by atoms with Crippen LogP contribution in [0.4, 0.5) is 0 Å². The van der Waals surface area contributed by atoms with Crippen LogP contribution in [0.15, 0.2) is 0 Å². The van der Waals surface area contributed by atoms with E-state index >= 15 is 0 Å². The van der Waals surface area contributed by atoms with Crippen LogP contribution in [0.3, 0.4) is 0 Å². The smallest absolute Gasteiger partial charge is 0.0540 e. The summed E-state index contributed by atoms with van der Waals surface area (Å²) in [6, 6.07) is 0.664. The van der Waals surface area contributed by atoms with Crippen LogP contribution in [-0.2, 0) is 0 Å². The Morgan fingerprint density at radius 2 is 1.80 bits per heavy atom. The Balaban J connectivity index is 2.18. The van der Waals surface area contributed by atoms with Crippen molar-refractivity contribution in [3.05, 3.63) is 0 Å². The fraction of sp³-hybridized carbons (Fsp3) is 1.00. The van der Waals surface area contributed by atoms with Gasteiger partial charge in [0, 0.05) is 6.04 Å². The second-order valence-electron chi connectivity index (χ2n) is 5.34. The SMILES string of the molecule is CCC(NCC1CCC(O)CC1)C(C)C. The Kier molecular flexibility index (Phi) is 5.62. The van der Waals surface area contributed by atoms with Crippen LogP contribution in [-0.4, -0.2) is 23.8 Å². The molecule has 0 aromatic carbocycles. The average Bonchev–Trinajstić information content (AvgIpc) is 2.21. The molecule has 1 aliphatic rings. The van der Waals surface area contributed by atoms with Crippen LogP contribution < -0.4 is 5.32 Å². The van der Waals surface area contributed by atoms with Gasteiger partial charge < -0.3 is 10.4 Å². The highest BCUT2D eigenvalue weighted by atomic mass is 16.3. The van der Waals surface area contributed by atoms with Crippen molar-refractivity contribution >= 4 is 0 Å². The molecule has 0 spiro atoms. The van der Waals surface area contributed by atoms with Crippen LogP contribution in [0.1, 0.15) is 52.9 Å². The van der Waals surface area contributed by atoms with E-state index in [0.29, 0.717) is 6.04 Å². The van der Waals surface area contributed by atoms with E-state index in [1.807, 2.05) is 0 Å². The number of aliphatic hydroxyl groups is 1. The fourth-order valence-corrected chi connectivity index (χ4v) is 2.52. The molecule has 15 heavy (non-hydrogen) atoms. The molecule has 0 aliphatic heterocycles. The van der Waals surface area contributed by atoms with E-state index < -0.39 is 0 Å². The van der Waals surface area contributed by atoms with E-state index in [9.17, 15) is 5.11 Å². The molecule has 2 heteroatoms. The Morgan fingerprint density at radius 3 is 2.27 bits per heavy atom. The average molecular weight is 213 g/mol. The number of nitrogens with one attached hydrogen (secondary N) is 1. The van der Waals surface area contributed by atoms with Crippen molar-refractivity contribution in [2.75, 3.05) is 6.54 Å². The lowest BCUT2D eigenvalue weighted by molar-refractivity contribution is 0.107. The van der Waals surface area contributed by atoms with Gasteiger partial charge in [0.1, 0.15) is 0 Å². The second kappa shape index (κ2) is 6.49. The molecule has 0 amide bonds. The summed E-state index contributed by atoms with van der Waals surface area (Å²) >= 11 is 0. The molecule has 1 rings (SSSR count). The summed E-state index contributed by atoms with van der Waals surface area (Å²) in [6.07, 6.45) is 5.60. The molecule has 1 unspecified atom stereocenters. The molecule has 0 saturated heterocycles. The Bertz CT molecular complexity index is 162. The third-order valence-electron chi connectivity index (χ3n) is 3.73. The minimum absolute atomic E-state index is 0.0201. The maximum Gasteiger partial charge on any atom is 0.0540 e. The molecule has 2 nitrogen and oxygen atoms in total. The zero-order valence-electron chi connectivity index (χ0n) is 10.5. The van der Waals surface area contributed by atoms with Crippen LogP contribution in [0.5, 0.6) is 0 Å². The summed E-state index contributed by atoms with van der Waals surface area (Å²) in [5.74, 6) is 1.52. The molecule has 1 atom stereocenters. The van der Waals surface area contributed by atoms with Gasteiger partial charge in [0.15, 0.2) is 0 Å². The van der Waals surface area contributed by atoms with Crippen molar-refractivity contribution in [3.8, 4) is 0 Å². The highest BCUT2D eigenvalue weighted by Gasteiger charge is 2.20. The Labute approximate surface area is 94.5 Å². The predicted molar refractivity (Wildman–Crippen MR) is 64.9 cm³/mol. The Morgan fingerprint density at radius 1 is 1.20 bits per heavy atom. The zero-order chi connectivity index (χ0) is 11.3. The van der Waals surface area contributed by atoms with Gasteiger partial charge in [0.25, 0.3) is 0 Å². The molecule has 0 aromatic rings. The van der Waals surface area contributed by atoms with Crippen molar-refractivity contribution < 1.29 is 5.11 Å². The van der Waals surface area contributed by atoms with Gasteiger partial charge in [-0.2, -0.15) is 0 Å². The van der Waals surface area contributed by atoms with E-state index in [4.69, 9.17) is 0 Å². The molecule has 0 radical (unpaired) electrons. The molecular formula is C13H27NO. The number of rotatable bonds is 5. The lowest BCUT2D eigenvalue weighted by Gasteiger charge is -2.28. The quantitative estimate of drug-likeness (QED) is 0.735. The van der Waals surface area contributed by atoms with Crippen LogP contribution in [0, 0.1) is 11.8 Å². The molecule has 90 valence electrons. The molecule has 1 saturated carbocycles. The van der Waals surface area contributed by atoms with E-state index in [0.717, 1.165) is 31.2 Å². The highest BCUT2D eigenvalue weighted by Crippen LogP contribution is 2.23. The largest absolute Gasteiger partial charge is 0.393 e. The monoisotopic (exact) mass is 213 g/mol. The molecule has 1 aliphatic carbocycles. The third-order valence-corrected chi connectivity index (χ3v) is 3.73. The molecular weight excluding hydrogens is 186 g/mol. The van der Waals surface area contributed by atoms with Crippen LogP contribution in [0.2, 0.25) is 0 Å². The highest BCUT2D eigenvalue weighted by molar-refractivity contribution is 4.76. The third kappa shape index (κ3) is 4.52. The van der Waals surface area contributed by atoms with Gasteiger partial charge in [-0.25, -0.2) is 0 Å². The van der Waals surface area contributed by atoms with Crippen molar-refractivity contribution in [2.24, 2.45) is 11.8 Å². The lowest BCUT2D eigenvalue weighted by atomic mass is 9.87. The topological polar surface area (TPSA) is 32.3 Å². The summed E-state index contributed by atoms with van der Waals surface area (Å²) in [6.45, 7) is 7.96. The first-order valence-electron chi connectivity index (χ1n) is 6.55. The lowest BCUT2D eigenvalue weighted by Crippen LogP contribution is -2.37. The van der Waals surface area contributed by atoms with Crippen molar-refractivity contribution in [1.82, 2.24) is 5.32 Å². The maximum atomic E-state index is 9.42. The summed E-state index contributed by atoms with van der Waals surface area (Å²) in [4.78, 5) is 0. The molecule has 1 fully saturated rings. The van der Waals surface area contributed by atoms with Gasteiger partial charge in [-0.15, -0.1) is 0 Å². The fourth-order valence-electron chi connectivity index (χ4n) is 2.52. The minimum atomic E-state index is -0.0201. The number of aliphatic hydroxyl groups excluding tert-OH is 1. The van der Waals surface area contributed by atoms with Crippen molar-refractivity contribution in [1.29, 1.82) is 0 Å². The van der Waals surface area contributed by atoms with E-state index in [-0.39, 0.29) is 6.10 Å². The first-order chi connectivity index (χ1) is 7.13. The normalized spacial score (nSPS) is 29.4. The summed E-state index contributed by atoms with van der Waals surface area (Å²) in [7, 11) is 0. The molecule has 0 heterocycles. The van der Waals surface area contributed by atoms with Crippen LogP contribution in [0.25, 0.3) is 0 Å². The first-order valence-corrected chi connectivity index (χ1v) is 6.55. The molecule has 0 bridgehead atoms. The van der Waals surface area contributed by atoms with E-state index in [1.165, 1.54) is 19.3 Å². The number of hydrogen-bond acceptors (Lipinski definition) is 2. The summed E-state index contributed by atoms with van der Waals surface area (Å²) in [5.41, 5.74) is 0. The van der Waals surface area contributed by atoms with Gasteiger partial charge in [-0.1, -0.05) is 20.8 Å². The first kappa shape index (κ1) is 13.0. The summed E-state index contributed by atoms with van der Waals surface area (Å²) < 4.78 is 0. The van der Waals surface area contributed by atoms with E-state index in [1.54, 1.807) is 0 Å². The van der Waals surface area contributed by atoms with Crippen molar-refractivity contribution in [2.45, 2.75) is 65.0 Å². The zero-order valence-corrected chi connectivity index (χ0v) is 10.5. The Hall–Kier alpha value is -0.0800. The molecule has 0 aromatic heterocycles. The minimum Gasteiger partial charge on any atom is -0.393 e. The van der Waals surface area contributed by atoms with Gasteiger partial charge in [0.05, 0.1) is 6.10 Å². The molecule has 2 N–H and O–H groups in total. The van der Waals surface area contributed by atoms with Gasteiger partial charge in [-0.05, 0) is 50.5 Å².